The smallest absolute Gasteiger partial charge is 0.251 e. The number of hydrogen-bond acceptors (Lipinski definition) is 7. The van der Waals surface area contributed by atoms with Crippen molar-refractivity contribution in [3.63, 3.8) is 0 Å². The van der Waals surface area contributed by atoms with E-state index in [1.54, 1.807) is 0 Å². The first kappa shape index (κ1) is 14.8. The average Bonchev–Trinajstić information content (AvgIpc) is 2.65. The van der Waals surface area contributed by atoms with Crippen molar-refractivity contribution in [2.45, 2.75) is 24.0 Å². The normalized spacial score (nSPS) is 32.9. The van der Waals surface area contributed by atoms with Crippen molar-refractivity contribution < 1.29 is 24.9 Å². The molecule has 0 unspecified atom stereocenters. The standard InChI is InChI=1S/C11H12N2O6S/c14-4-2-11(9(18)8(17)6(5-15)19-11)13-3-1-7(16)12-10(13)20/h1-3,6,8-9,15,17-18H,5H2,(H,12,16,20)/t6-,8-,9-,11-/m1/s1. The molecule has 1 aliphatic rings. The van der Waals surface area contributed by atoms with Gasteiger partial charge in [0.1, 0.15) is 24.3 Å². The molecule has 0 amide bonds. The molecule has 2 rings (SSSR count). The van der Waals surface area contributed by atoms with Crippen LogP contribution in [0.15, 0.2) is 23.1 Å². The van der Waals surface area contributed by atoms with E-state index in [-0.39, 0.29) is 4.77 Å². The molecule has 4 N–H and O–H groups in total. The van der Waals surface area contributed by atoms with Gasteiger partial charge in [-0.05, 0) is 12.2 Å². The van der Waals surface area contributed by atoms with E-state index in [1.807, 2.05) is 0 Å². The van der Waals surface area contributed by atoms with Crippen LogP contribution >= 0.6 is 12.2 Å². The van der Waals surface area contributed by atoms with E-state index in [1.165, 1.54) is 12.1 Å². The molecule has 0 aliphatic carbocycles. The summed E-state index contributed by atoms with van der Waals surface area (Å²) in [5, 5.41) is 29.1. The number of hydrogen-bond donors (Lipinski definition) is 4. The molecule has 20 heavy (non-hydrogen) atoms. The molecule has 4 atom stereocenters. The first-order valence-corrected chi connectivity index (χ1v) is 6.06. The fourth-order valence-electron chi connectivity index (χ4n) is 2.14. The van der Waals surface area contributed by atoms with Crippen LogP contribution in [0.4, 0.5) is 0 Å². The Hall–Kier alpha value is -1.61. The third-order valence-electron chi connectivity index (χ3n) is 3.11. The molecule has 0 saturated carbocycles. The highest BCUT2D eigenvalue weighted by Gasteiger charge is 2.54. The Labute approximate surface area is 117 Å². The molecule has 0 aromatic carbocycles. The van der Waals surface area contributed by atoms with Gasteiger partial charge in [-0.15, -0.1) is 0 Å². The number of carbonyl (C=O) groups excluding carboxylic acids is 1. The minimum Gasteiger partial charge on any atom is -0.394 e. The zero-order valence-corrected chi connectivity index (χ0v) is 10.9. The van der Waals surface area contributed by atoms with Gasteiger partial charge in [0.15, 0.2) is 4.77 Å². The van der Waals surface area contributed by atoms with Gasteiger partial charge in [-0.25, -0.2) is 4.79 Å². The number of aromatic amines is 1. The van der Waals surface area contributed by atoms with Crippen molar-refractivity contribution in [1.29, 1.82) is 0 Å². The molecule has 8 nitrogen and oxygen atoms in total. The van der Waals surface area contributed by atoms with Crippen LogP contribution in [0.1, 0.15) is 0 Å². The molecule has 1 aromatic heterocycles. The monoisotopic (exact) mass is 300 g/mol. The van der Waals surface area contributed by atoms with Gasteiger partial charge in [0.25, 0.3) is 5.56 Å². The summed E-state index contributed by atoms with van der Waals surface area (Å²) in [5.41, 5.74) is -2.31. The zero-order chi connectivity index (χ0) is 14.9. The molecule has 1 aliphatic heterocycles. The molecule has 2 heterocycles. The van der Waals surface area contributed by atoms with Crippen LogP contribution in [0.25, 0.3) is 0 Å². The lowest BCUT2D eigenvalue weighted by molar-refractivity contribution is -0.113. The number of rotatable bonds is 3. The highest BCUT2D eigenvalue weighted by molar-refractivity contribution is 7.71. The predicted octanol–water partition coefficient (Wildman–Crippen LogP) is -1.94. The van der Waals surface area contributed by atoms with Crippen LogP contribution in [-0.4, -0.2) is 55.7 Å². The van der Waals surface area contributed by atoms with Crippen LogP contribution in [-0.2, 0) is 15.3 Å². The first-order chi connectivity index (χ1) is 9.46. The van der Waals surface area contributed by atoms with E-state index in [9.17, 15) is 19.8 Å². The summed E-state index contributed by atoms with van der Waals surface area (Å²) in [5.74, 6) is 1.47. The number of nitrogens with zero attached hydrogens (tertiary/aromatic N) is 1. The maximum Gasteiger partial charge on any atom is 0.251 e. The molecule has 1 aromatic rings. The van der Waals surface area contributed by atoms with Crippen molar-refractivity contribution in [3.05, 3.63) is 33.5 Å². The lowest BCUT2D eigenvalue weighted by Crippen LogP contribution is -2.45. The summed E-state index contributed by atoms with van der Waals surface area (Å²) >= 11 is 4.95. The van der Waals surface area contributed by atoms with E-state index in [2.05, 4.69) is 4.98 Å². The second-order valence-electron chi connectivity index (χ2n) is 4.27. The number of aromatic nitrogens is 2. The van der Waals surface area contributed by atoms with E-state index in [0.717, 1.165) is 16.7 Å². The van der Waals surface area contributed by atoms with Crippen molar-refractivity contribution >= 4 is 18.2 Å². The fourth-order valence-corrected chi connectivity index (χ4v) is 2.44. The van der Waals surface area contributed by atoms with Crippen LogP contribution in [0.2, 0.25) is 0 Å². The van der Waals surface area contributed by atoms with Gasteiger partial charge >= 0.3 is 0 Å². The number of aliphatic hydroxyl groups excluding tert-OH is 3. The maximum absolute atomic E-state index is 11.2. The van der Waals surface area contributed by atoms with E-state index < -0.39 is 36.2 Å². The summed E-state index contributed by atoms with van der Waals surface area (Å²) in [7, 11) is 0. The van der Waals surface area contributed by atoms with Gasteiger partial charge in [0.2, 0.25) is 5.72 Å². The predicted molar refractivity (Wildman–Crippen MR) is 68.1 cm³/mol. The van der Waals surface area contributed by atoms with Crippen LogP contribution in [0, 0.1) is 4.77 Å². The molecule has 0 radical (unpaired) electrons. The number of nitrogens with one attached hydrogen (secondary N) is 1. The number of H-pyrrole nitrogens is 1. The highest BCUT2D eigenvalue weighted by atomic mass is 32.1. The molecule has 1 saturated heterocycles. The first-order valence-electron chi connectivity index (χ1n) is 5.65. The quantitative estimate of drug-likeness (QED) is 0.378. The maximum atomic E-state index is 11.2. The Morgan fingerprint density at radius 3 is 2.80 bits per heavy atom. The summed E-state index contributed by atoms with van der Waals surface area (Å²) in [4.78, 5) is 24.2. The molecular formula is C11H12N2O6S. The summed E-state index contributed by atoms with van der Waals surface area (Å²) in [6.45, 7) is -0.566. The highest BCUT2D eigenvalue weighted by Crippen LogP contribution is 2.36. The van der Waals surface area contributed by atoms with Crippen molar-refractivity contribution in [3.8, 4) is 0 Å². The summed E-state index contributed by atoms with van der Waals surface area (Å²) in [6, 6.07) is 1.12. The zero-order valence-electron chi connectivity index (χ0n) is 10.1. The van der Waals surface area contributed by atoms with E-state index >= 15 is 0 Å². The Morgan fingerprint density at radius 2 is 2.30 bits per heavy atom. The van der Waals surface area contributed by atoms with Crippen molar-refractivity contribution in [1.82, 2.24) is 9.55 Å². The second kappa shape index (κ2) is 5.41. The summed E-state index contributed by atoms with van der Waals surface area (Å²) < 4.78 is 6.37. The van der Waals surface area contributed by atoms with Gasteiger partial charge in [-0.2, -0.15) is 0 Å². The lowest BCUT2D eigenvalue weighted by atomic mass is 10.0. The molecule has 0 bridgehead atoms. The second-order valence-corrected chi connectivity index (χ2v) is 4.66. The Bertz CT molecular complexity index is 663. The molecule has 1 fully saturated rings. The third kappa shape index (κ3) is 2.16. The van der Waals surface area contributed by atoms with Gasteiger partial charge in [0.05, 0.1) is 12.7 Å². The molecule has 0 spiro atoms. The Kier molecular flexibility index (Phi) is 4.00. The van der Waals surface area contributed by atoms with Crippen LogP contribution in [0.3, 0.4) is 0 Å². The van der Waals surface area contributed by atoms with E-state index in [4.69, 9.17) is 22.1 Å². The molecule has 9 heteroatoms. The topological polar surface area (TPSA) is 125 Å². The van der Waals surface area contributed by atoms with Crippen molar-refractivity contribution in [2.24, 2.45) is 0 Å². The van der Waals surface area contributed by atoms with Gasteiger partial charge in [-0.3, -0.25) is 14.3 Å². The van der Waals surface area contributed by atoms with Gasteiger partial charge < -0.3 is 20.1 Å². The molecule has 108 valence electrons. The summed E-state index contributed by atoms with van der Waals surface area (Å²) in [6.07, 6.45) is -2.06. The van der Waals surface area contributed by atoms with Crippen molar-refractivity contribution in [2.75, 3.05) is 6.61 Å². The SMILES string of the molecule is O=C=C[C@@]1(n2ccc(=O)[nH]c2=S)O[C@H](CO)[C@@H](O)[C@H]1O. The largest absolute Gasteiger partial charge is 0.394 e. The minimum absolute atomic E-state index is 0.117. The lowest BCUT2D eigenvalue weighted by Gasteiger charge is -2.30. The fraction of sp³-hybridized carbons (Fsp3) is 0.455. The van der Waals surface area contributed by atoms with Gasteiger partial charge in [0, 0.05) is 12.3 Å². The Balaban J connectivity index is 2.65. The number of aliphatic hydroxyl groups is 3. The van der Waals surface area contributed by atoms with Crippen LogP contribution in [0.5, 0.6) is 0 Å². The van der Waals surface area contributed by atoms with E-state index in [0.29, 0.717) is 0 Å². The average molecular weight is 300 g/mol. The minimum atomic E-state index is -1.84. The third-order valence-corrected chi connectivity index (χ3v) is 3.41. The molecular weight excluding hydrogens is 288 g/mol. The van der Waals surface area contributed by atoms with Gasteiger partial charge in [-0.1, -0.05) is 0 Å². The van der Waals surface area contributed by atoms with Crippen LogP contribution < -0.4 is 5.56 Å². The number of ether oxygens (including phenoxy) is 1. The Morgan fingerprint density at radius 1 is 1.60 bits per heavy atom.